The molecule has 3 rings (SSSR count). The van der Waals surface area contributed by atoms with E-state index < -0.39 is 30.2 Å². The van der Waals surface area contributed by atoms with Crippen LogP contribution in [0.3, 0.4) is 0 Å². The van der Waals surface area contributed by atoms with Gasteiger partial charge in [0.2, 0.25) is 0 Å². The van der Waals surface area contributed by atoms with E-state index in [0.29, 0.717) is 12.0 Å². The first-order valence-electron chi connectivity index (χ1n) is 9.03. The molecule has 0 aliphatic heterocycles. The Bertz CT molecular complexity index is 681. The first-order valence-corrected chi connectivity index (χ1v) is 9.03. The molecule has 0 amide bonds. The van der Waals surface area contributed by atoms with E-state index in [1.807, 2.05) is 0 Å². The van der Waals surface area contributed by atoms with E-state index in [9.17, 15) is 20.1 Å². The van der Waals surface area contributed by atoms with Gasteiger partial charge in [-0.05, 0) is 73.3 Å². The van der Waals surface area contributed by atoms with Crippen LogP contribution < -0.4 is 0 Å². The number of benzene rings is 1. The molecule has 0 saturated carbocycles. The average Bonchev–Trinajstić information content (AvgIpc) is 2.59. The first-order chi connectivity index (χ1) is 11.9. The molecule has 2 aliphatic rings. The minimum atomic E-state index is -2.10. The number of fused-ring (bicyclic) bond motifs is 1. The number of rotatable bonds is 5. The number of aliphatic carboxylic acids is 1. The van der Waals surface area contributed by atoms with E-state index in [1.54, 1.807) is 0 Å². The van der Waals surface area contributed by atoms with Gasteiger partial charge < -0.3 is 20.4 Å². The molecule has 0 aromatic heterocycles. The largest absolute Gasteiger partial charge is 0.479 e. The van der Waals surface area contributed by atoms with Gasteiger partial charge in [0.25, 0.3) is 0 Å². The van der Waals surface area contributed by atoms with Crippen molar-refractivity contribution in [3.8, 4) is 0 Å². The summed E-state index contributed by atoms with van der Waals surface area (Å²) >= 11 is 0. The normalized spacial score (nSPS) is 29.0. The zero-order valence-electron chi connectivity index (χ0n) is 14.3. The molecule has 1 aromatic carbocycles. The Balaban J connectivity index is 1.64. The lowest BCUT2D eigenvalue weighted by atomic mass is 9.81. The summed E-state index contributed by atoms with van der Waals surface area (Å²) in [5.41, 5.74) is 2.41. The summed E-state index contributed by atoms with van der Waals surface area (Å²) in [5, 5.41) is 39.2. The fraction of sp³-hybridized carbons (Fsp3) is 0.550. The van der Waals surface area contributed by atoms with E-state index >= 15 is 0 Å². The number of carbonyl (C=O) groups is 1. The van der Waals surface area contributed by atoms with E-state index in [-0.39, 0.29) is 0 Å². The summed E-state index contributed by atoms with van der Waals surface area (Å²) in [6.45, 7) is 0. The van der Waals surface area contributed by atoms with Crippen LogP contribution in [0.15, 0.2) is 29.8 Å². The van der Waals surface area contributed by atoms with Gasteiger partial charge >= 0.3 is 5.97 Å². The number of carboxylic acids is 1. The minimum Gasteiger partial charge on any atom is -0.479 e. The highest BCUT2D eigenvalue weighted by Gasteiger charge is 2.43. The molecule has 0 heterocycles. The van der Waals surface area contributed by atoms with Gasteiger partial charge in [-0.15, -0.1) is 0 Å². The average molecular weight is 346 g/mol. The molecule has 0 unspecified atom stereocenters. The van der Waals surface area contributed by atoms with Crippen LogP contribution in [0.25, 0.3) is 0 Å². The Morgan fingerprint density at radius 1 is 1.12 bits per heavy atom. The molecule has 0 spiro atoms. The van der Waals surface area contributed by atoms with E-state index in [0.717, 1.165) is 25.7 Å². The molecule has 3 atom stereocenters. The van der Waals surface area contributed by atoms with Crippen molar-refractivity contribution in [3.63, 3.8) is 0 Å². The second-order valence-corrected chi connectivity index (χ2v) is 7.33. The number of carboxylic acid groups (broad SMARTS) is 1. The lowest BCUT2D eigenvalue weighted by molar-refractivity contribution is -0.158. The van der Waals surface area contributed by atoms with Crippen LogP contribution in [0.4, 0.5) is 0 Å². The Morgan fingerprint density at radius 2 is 1.84 bits per heavy atom. The van der Waals surface area contributed by atoms with Crippen molar-refractivity contribution in [2.24, 2.45) is 0 Å². The third-order valence-electron chi connectivity index (χ3n) is 5.40. The van der Waals surface area contributed by atoms with Crippen molar-refractivity contribution in [1.29, 1.82) is 0 Å². The quantitative estimate of drug-likeness (QED) is 0.609. The second kappa shape index (κ2) is 7.28. The van der Waals surface area contributed by atoms with Gasteiger partial charge in [0.15, 0.2) is 5.60 Å². The van der Waals surface area contributed by atoms with Crippen molar-refractivity contribution in [2.75, 3.05) is 0 Å². The molecular weight excluding hydrogens is 320 g/mol. The van der Waals surface area contributed by atoms with Crippen LogP contribution in [0.1, 0.15) is 48.8 Å². The smallest absolute Gasteiger partial charge is 0.339 e. The summed E-state index contributed by atoms with van der Waals surface area (Å²) in [6.07, 6.45) is 5.22. The molecule has 1 aromatic rings. The van der Waals surface area contributed by atoms with Gasteiger partial charge in [0.1, 0.15) is 6.10 Å². The lowest BCUT2D eigenvalue weighted by Crippen LogP contribution is -2.48. The molecule has 0 bridgehead atoms. The first kappa shape index (κ1) is 18.1. The highest BCUT2D eigenvalue weighted by molar-refractivity contribution is 5.80. The van der Waals surface area contributed by atoms with Gasteiger partial charge in [0.05, 0.1) is 6.10 Å². The van der Waals surface area contributed by atoms with Gasteiger partial charge in [-0.25, -0.2) is 4.79 Å². The fourth-order valence-corrected chi connectivity index (χ4v) is 3.94. The maximum absolute atomic E-state index is 11.2. The van der Waals surface area contributed by atoms with Gasteiger partial charge in [0, 0.05) is 6.42 Å². The van der Waals surface area contributed by atoms with E-state index in [4.69, 9.17) is 5.11 Å². The Labute approximate surface area is 147 Å². The van der Waals surface area contributed by atoms with Crippen molar-refractivity contribution in [2.45, 2.75) is 69.2 Å². The Morgan fingerprint density at radius 3 is 2.56 bits per heavy atom. The van der Waals surface area contributed by atoms with Crippen LogP contribution in [0.5, 0.6) is 0 Å². The molecule has 0 fully saturated rings. The number of aryl methyl sites for hydroxylation is 3. The van der Waals surface area contributed by atoms with Crippen molar-refractivity contribution >= 4 is 5.97 Å². The summed E-state index contributed by atoms with van der Waals surface area (Å²) in [5.74, 6) is -1.40. The number of aliphatic hydroxyl groups is 3. The predicted octanol–water partition coefficient (Wildman–Crippen LogP) is 1.76. The SMILES string of the molecule is O=C(O)[C@]1(O)C=C(CCCc2ccc3c(c2)CCCC3)[C@@H](O)[C@H](O)C1. The molecule has 4 N–H and O–H groups in total. The molecular formula is C20H26O5. The number of hydrogen-bond donors (Lipinski definition) is 4. The standard InChI is InChI=1S/C20H26O5/c21-17-12-20(25,19(23)24)11-16(18(17)22)7-3-4-13-8-9-14-5-1-2-6-15(14)10-13/h8-11,17-18,21-22,25H,1-7,12H2,(H,23,24)/t17-,18-,20+/m1/s1. The topological polar surface area (TPSA) is 98.0 Å². The zero-order valence-corrected chi connectivity index (χ0v) is 14.3. The maximum Gasteiger partial charge on any atom is 0.339 e. The van der Waals surface area contributed by atoms with E-state index in [1.165, 1.54) is 35.6 Å². The minimum absolute atomic E-state index is 0.391. The Kier molecular flexibility index (Phi) is 5.27. The van der Waals surface area contributed by atoms with Crippen molar-refractivity contribution in [3.05, 3.63) is 46.5 Å². The van der Waals surface area contributed by atoms with Gasteiger partial charge in [-0.2, -0.15) is 0 Å². The monoisotopic (exact) mass is 346 g/mol. The lowest BCUT2D eigenvalue weighted by Gasteiger charge is -2.33. The number of hydrogen-bond acceptors (Lipinski definition) is 4. The molecule has 5 nitrogen and oxygen atoms in total. The maximum atomic E-state index is 11.2. The molecule has 0 radical (unpaired) electrons. The summed E-state index contributed by atoms with van der Waals surface area (Å²) in [7, 11) is 0. The predicted molar refractivity (Wildman–Crippen MR) is 93.3 cm³/mol. The molecule has 2 aliphatic carbocycles. The van der Waals surface area contributed by atoms with Crippen molar-refractivity contribution in [1.82, 2.24) is 0 Å². The summed E-state index contributed by atoms with van der Waals surface area (Å²) < 4.78 is 0. The molecule has 5 heteroatoms. The van der Waals surface area contributed by atoms with Crippen LogP contribution in [-0.2, 0) is 24.1 Å². The van der Waals surface area contributed by atoms with Crippen LogP contribution in [-0.4, -0.2) is 44.2 Å². The van der Waals surface area contributed by atoms with E-state index in [2.05, 4.69) is 18.2 Å². The molecule has 0 saturated heterocycles. The Hall–Kier alpha value is -1.69. The molecule has 25 heavy (non-hydrogen) atoms. The van der Waals surface area contributed by atoms with Crippen LogP contribution in [0, 0.1) is 0 Å². The van der Waals surface area contributed by atoms with Crippen molar-refractivity contribution < 1.29 is 25.2 Å². The van der Waals surface area contributed by atoms with Gasteiger partial charge in [-0.1, -0.05) is 18.2 Å². The molecule has 136 valence electrons. The van der Waals surface area contributed by atoms with Crippen LogP contribution in [0.2, 0.25) is 0 Å². The fourth-order valence-electron chi connectivity index (χ4n) is 3.94. The van der Waals surface area contributed by atoms with Crippen LogP contribution >= 0.6 is 0 Å². The second-order valence-electron chi connectivity index (χ2n) is 7.33. The highest BCUT2D eigenvalue weighted by atomic mass is 16.4. The third-order valence-corrected chi connectivity index (χ3v) is 5.40. The summed E-state index contributed by atoms with van der Waals surface area (Å²) in [4.78, 5) is 11.2. The highest BCUT2D eigenvalue weighted by Crippen LogP contribution is 2.31. The van der Waals surface area contributed by atoms with Gasteiger partial charge in [-0.3, -0.25) is 0 Å². The third kappa shape index (κ3) is 3.94. The summed E-state index contributed by atoms with van der Waals surface area (Å²) in [6, 6.07) is 6.59. The zero-order chi connectivity index (χ0) is 18.0. The number of aliphatic hydroxyl groups excluding tert-OH is 2.